The van der Waals surface area contributed by atoms with Crippen LogP contribution in [0, 0.1) is 6.92 Å². The van der Waals surface area contributed by atoms with Crippen molar-refractivity contribution in [2.24, 2.45) is 0 Å². The molecule has 0 unspecified atom stereocenters. The number of anilines is 1. The van der Waals surface area contributed by atoms with E-state index in [0.717, 1.165) is 37.3 Å². The van der Waals surface area contributed by atoms with Gasteiger partial charge in [0.05, 0.1) is 6.42 Å². The Kier molecular flexibility index (Phi) is 5.68. The average molecular weight is 351 g/mol. The van der Waals surface area contributed by atoms with Crippen LogP contribution in [0.4, 0.5) is 5.69 Å². The fourth-order valence-electron chi connectivity index (χ4n) is 3.11. The summed E-state index contributed by atoms with van der Waals surface area (Å²) in [4.78, 5) is 29.1. The van der Waals surface area contributed by atoms with Gasteiger partial charge in [0.15, 0.2) is 0 Å². The fourth-order valence-corrected chi connectivity index (χ4v) is 3.11. The van der Waals surface area contributed by atoms with E-state index < -0.39 is 0 Å². The quantitative estimate of drug-likeness (QED) is 0.921. The van der Waals surface area contributed by atoms with E-state index in [-0.39, 0.29) is 11.8 Å². The molecule has 1 heterocycles. The number of amides is 2. The molecule has 1 aliphatic rings. The minimum Gasteiger partial charge on any atom is -0.336 e. The van der Waals surface area contributed by atoms with E-state index in [1.165, 1.54) is 0 Å². The molecule has 1 aliphatic heterocycles. The Labute approximate surface area is 154 Å². The van der Waals surface area contributed by atoms with E-state index in [4.69, 9.17) is 0 Å². The summed E-state index contributed by atoms with van der Waals surface area (Å²) in [6.07, 6.45) is 0.323. The van der Waals surface area contributed by atoms with Crippen LogP contribution in [-0.2, 0) is 11.2 Å². The van der Waals surface area contributed by atoms with Crippen molar-refractivity contribution >= 4 is 17.5 Å². The first kappa shape index (κ1) is 18.1. The summed E-state index contributed by atoms with van der Waals surface area (Å²) in [5.74, 6) is -0.0587. The Morgan fingerprint density at radius 1 is 1.00 bits per heavy atom. The lowest BCUT2D eigenvalue weighted by Crippen LogP contribution is -2.47. The lowest BCUT2D eigenvalue weighted by Gasteiger charge is -2.32. The van der Waals surface area contributed by atoms with Crippen molar-refractivity contribution in [2.45, 2.75) is 13.3 Å². The smallest absolute Gasteiger partial charge is 0.254 e. The molecule has 2 aromatic rings. The van der Waals surface area contributed by atoms with Crippen molar-refractivity contribution in [3.63, 3.8) is 0 Å². The molecule has 0 radical (unpaired) electrons. The highest BCUT2D eigenvalue weighted by molar-refractivity contribution is 5.97. The largest absolute Gasteiger partial charge is 0.336 e. The van der Waals surface area contributed by atoms with Gasteiger partial charge in [-0.05, 0) is 43.3 Å². The van der Waals surface area contributed by atoms with E-state index in [9.17, 15) is 9.59 Å². The topological polar surface area (TPSA) is 52.7 Å². The molecule has 26 heavy (non-hydrogen) atoms. The zero-order valence-corrected chi connectivity index (χ0v) is 15.4. The Morgan fingerprint density at radius 3 is 2.46 bits per heavy atom. The third-order valence-corrected chi connectivity index (χ3v) is 4.80. The SMILES string of the molecule is Cc1ccccc1CC(=O)Nc1cccc(C(=O)N2CCN(C)CC2)c1. The first-order valence-corrected chi connectivity index (χ1v) is 8.95. The molecule has 0 spiro atoms. The summed E-state index contributed by atoms with van der Waals surface area (Å²) in [5.41, 5.74) is 3.38. The number of nitrogens with zero attached hydrogens (tertiary/aromatic N) is 2. The summed E-state index contributed by atoms with van der Waals surface area (Å²) in [5, 5.41) is 2.90. The van der Waals surface area contributed by atoms with Crippen molar-refractivity contribution < 1.29 is 9.59 Å². The Hall–Kier alpha value is -2.66. The summed E-state index contributed by atoms with van der Waals surface area (Å²) >= 11 is 0. The predicted octanol–water partition coefficient (Wildman–Crippen LogP) is 2.56. The molecule has 1 fully saturated rings. The van der Waals surface area contributed by atoms with Crippen LogP contribution in [0.5, 0.6) is 0 Å². The van der Waals surface area contributed by atoms with Gasteiger partial charge in [0, 0.05) is 37.4 Å². The molecule has 5 heteroatoms. The van der Waals surface area contributed by atoms with Gasteiger partial charge in [-0.15, -0.1) is 0 Å². The lowest BCUT2D eigenvalue weighted by atomic mass is 10.1. The van der Waals surface area contributed by atoms with Crippen LogP contribution >= 0.6 is 0 Å². The third kappa shape index (κ3) is 4.49. The van der Waals surface area contributed by atoms with E-state index in [1.54, 1.807) is 12.1 Å². The Bertz CT molecular complexity index is 795. The Balaban J connectivity index is 1.64. The fraction of sp³-hybridized carbons (Fsp3) is 0.333. The number of piperazine rings is 1. The second-order valence-corrected chi connectivity index (χ2v) is 6.83. The van der Waals surface area contributed by atoms with Crippen LogP contribution in [0.2, 0.25) is 0 Å². The predicted molar refractivity (Wildman–Crippen MR) is 103 cm³/mol. The van der Waals surface area contributed by atoms with Crippen LogP contribution in [0.1, 0.15) is 21.5 Å². The summed E-state index contributed by atoms with van der Waals surface area (Å²) < 4.78 is 0. The van der Waals surface area contributed by atoms with Gasteiger partial charge in [0.2, 0.25) is 5.91 Å². The second-order valence-electron chi connectivity index (χ2n) is 6.83. The van der Waals surface area contributed by atoms with Crippen LogP contribution in [0.15, 0.2) is 48.5 Å². The summed E-state index contributed by atoms with van der Waals surface area (Å²) in [7, 11) is 2.06. The molecule has 5 nitrogen and oxygen atoms in total. The monoisotopic (exact) mass is 351 g/mol. The van der Waals surface area contributed by atoms with E-state index in [2.05, 4.69) is 17.3 Å². The molecule has 1 saturated heterocycles. The normalized spacial score (nSPS) is 14.9. The first-order chi connectivity index (χ1) is 12.5. The number of benzene rings is 2. The average Bonchev–Trinajstić information content (AvgIpc) is 2.64. The number of hydrogen-bond acceptors (Lipinski definition) is 3. The molecule has 2 amide bonds. The molecule has 3 rings (SSSR count). The maximum atomic E-state index is 12.7. The van der Waals surface area contributed by atoms with Gasteiger partial charge in [-0.3, -0.25) is 9.59 Å². The summed E-state index contributed by atoms with van der Waals surface area (Å²) in [6.45, 7) is 5.24. The number of hydrogen-bond donors (Lipinski definition) is 1. The molecule has 0 aliphatic carbocycles. The molecule has 1 N–H and O–H groups in total. The van der Waals surface area contributed by atoms with Gasteiger partial charge in [-0.25, -0.2) is 0 Å². The van der Waals surface area contributed by atoms with Gasteiger partial charge in [-0.2, -0.15) is 0 Å². The number of nitrogens with one attached hydrogen (secondary N) is 1. The number of carbonyl (C=O) groups excluding carboxylic acids is 2. The number of carbonyl (C=O) groups is 2. The Morgan fingerprint density at radius 2 is 1.73 bits per heavy atom. The van der Waals surface area contributed by atoms with E-state index >= 15 is 0 Å². The lowest BCUT2D eigenvalue weighted by molar-refractivity contribution is -0.115. The minimum absolute atomic E-state index is 0.0214. The maximum absolute atomic E-state index is 12.7. The van der Waals surface area contributed by atoms with Crippen LogP contribution in [0.25, 0.3) is 0 Å². The standard InChI is InChI=1S/C21H25N3O2/c1-16-6-3-4-7-17(16)15-20(25)22-19-9-5-8-18(14-19)21(26)24-12-10-23(2)11-13-24/h3-9,14H,10-13,15H2,1-2H3,(H,22,25). The van der Waals surface area contributed by atoms with Crippen molar-refractivity contribution in [3.05, 3.63) is 65.2 Å². The summed E-state index contributed by atoms with van der Waals surface area (Å²) in [6, 6.07) is 15.0. The second kappa shape index (κ2) is 8.15. The molecular formula is C21H25N3O2. The van der Waals surface area contributed by atoms with Crippen molar-refractivity contribution in [1.29, 1.82) is 0 Å². The van der Waals surface area contributed by atoms with Crippen molar-refractivity contribution in [2.75, 3.05) is 38.5 Å². The highest BCUT2D eigenvalue weighted by Gasteiger charge is 2.20. The molecule has 0 atom stereocenters. The number of rotatable bonds is 4. The molecule has 2 aromatic carbocycles. The van der Waals surface area contributed by atoms with Crippen molar-refractivity contribution in [3.8, 4) is 0 Å². The maximum Gasteiger partial charge on any atom is 0.254 e. The van der Waals surface area contributed by atoms with Crippen molar-refractivity contribution in [1.82, 2.24) is 9.80 Å². The van der Waals surface area contributed by atoms with Crippen LogP contribution in [0.3, 0.4) is 0 Å². The van der Waals surface area contributed by atoms with Crippen LogP contribution in [-0.4, -0.2) is 54.8 Å². The van der Waals surface area contributed by atoms with Gasteiger partial charge < -0.3 is 15.1 Å². The highest BCUT2D eigenvalue weighted by Crippen LogP contribution is 2.15. The molecule has 136 valence electrons. The first-order valence-electron chi connectivity index (χ1n) is 8.95. The van der Waals surface area contributed by atoms with Gasteiger partial charge in [0.25, 0.3) is 5.91 Å². The molecule has 0 saturated carbocycles. The molecular weight excluding hydrogens is 326 g/mol. The van der Waals surface area contributed by atoms with E-state index in [1.807, 2.05) is 48.2 Å². The highest BCUT2D eigenvalue weighted by atomic mass is 16.2. The third-order valence-electron chi connectivity index (χ3n) is 4.80. The van der Waals surface area contributed by atoms with Gasteiger partial charge in [0.1, 0.15) is 0 Å². The van der Waals surface area contributed by atoms with Gasteiger partial charge in [-0.1, -0.05) is 30.3 Å². The minimum atomic E-state index is -0.0801. The molecule has 0 aromatic heterocycles. The van der Waals surface area contributed by atoms with E-state index in [0.29, 0.717) is 17.7 Å². The number of aryl methyl sites for hydroxylation is 1. The van der Waals surface area contributed by atoms with Gasteiger partial charge >= 0.3 is 0 Å². The zero-order valence-electron chi connectivity index (χ0n) is 15.4. The van der Waals surface area contributed by atoms with Crippen LogP contribution < -0.4 is 5.32 Å². The molecule has 0 bridgehead atoms. The number of likely N-dealkylation sites (N-methyl/N-ethyl adjacent to an activating group) is 1. The zero-order chi connectivity index (χ0) is 18.5.